The van der Waals surface area contributed by atoms with Crippen LogP contribution in [0.1, 0.15) is 19.4 Å². The van der Waals surface area contributed by atoms with Crippen LogP contribution in [-0.2, 0) is 14.9 Å². The summed E-state index contributed by atoms with van der Waals surface area (Å²) < 4.78 is 10.3. The van der Waals surface area contributed by atoms with Crippen LogP contribution in [0.25, 0.3) is 0 Å². The maximum absolute atomic E-state index is 5.41. The maximum atomic E-state index is 5.41. The van der Waals surface area contributed by atoms with Gasteiger partial charge in [0.2, 0.25) is 0 Å². The molecule has 0 radical (unpaired) electrons. The minimum Gasteiger partial charge on any atom is -0.382 e. The number of nitrogens with one attached hydrogen (secondary N) is 1. The van der Waals surface area contributed by atoms with E-state index in [1.807, 2.05) is 0 Å². The summed E-state index contributed by atoms with van der Waals surface area (Å²) in [6.07, 6.45) is 0. The van der Waals surface area contributed by atoms with E-state index in [0.29, 0.717) is 13.2 Å². The van der Waals surface area contributed by atoms with Crippen LogP contribution >= 0.6 is 0 Å². The summed E-state index contributed by atoms with van der Waals surface area (Å²) in [6, 6.07) is 10.6. The second-order valence-electron chi connectivity index (χ2n) is 5.03. The van der Waals surface area contributed by atoms with Crippen molar-refractivity contribution in [1.82, 2.24) is 5.32 Å². The van der Waals surface area contributed by atoms with Gasteiger partial charge >= 0.3 is 0 Å². The minimum atomic E-state index is 0.147. The van der Waals surface area contributed by atoms with Gasteiger partial charge in [-0.15, -0.1) is 0 Å². The topological polar surface area (TPSA) is 30.5 Å². The zero-order valence-electron chi connectivity index (χ0n) is 11.7. The van der Waals surface area contributed by atoms with Gasteiger partial charge in [-0.1, -0.05) is 44.2 Å². The highest BCUT2D eigenvalue weighted by atomic mass is 16.5. The van der Waals surface area contributed by atoms with Gasteiger partial charge in [0, 0.05) is 25.6 Å². The molecular formula is C15H25NO2. The molecule has 3 heteroatoms. The highest BCUT2D eigenvalue weighted by Crippen LogP contribution is 2.21. The molecular weight excluding hydrogens is 226 g/mol. The van der Waals surface area contributed by atoms with E-state index in [-0.39, 0.29) is 5.41 Å². The molecule has 0 unspecified atom stereocenters. The van der Waals surface area contributed by atoms with Crippen LogP contribution in [-0.4, -0.2) is 40.0 Å². The molecule has 18 heavy (non-hydrogen) atoms. The number of methoxy groups -OCH3 is 1. The fourth-order valence-corrected chi connectivity index (χ4v) is 1.78. The highest BCUT2D eigenvalue weighted by molar-refractivity contribution is 5.23. The largest absolute Gasteiger partial charge is 0.382 e. The SMILES string of the molecule is COCCOCCNCC(C)(C)c1ccccc1. The first-order valence-electron chi connectivity index (χ1n) is 6.50. The predicted octanol–water partition coefficient (Wildman–Crippen LogP) is 2.22. The van der Waals surface area contributed by atoms with E-state index < -0.39 is 0 Å². The molecule has 1 rings (SSSR count). The van der Waals surface area contributed by atoms with Crippen LogP contribution in [0.4, 0.5) is 0 Å². The lowest BCUT2D eigenvalue weighted by Crippen LogP contribution is -2.34. The zero-order valence-corrected chi connectivity index (χ0v) is 11.7. The second kappa shape index (κ2) is 8.25. The fourth-order valence-electron chi connectivity index (χ4n) is 1.78. The molecule has 0 aromatic heterocycles. The third kappa shape index (κ3) is 5.63. The lowest BCUT2D eigenvalue weighted by molar-refractivity contribution is 0.0716. The van der Waals surface area contributed by atoms with Gasteiger partial charge in [0.05, 0.1) is 19.8 Å². The van der Waals surface area contributed by atoms with E-state index >= 15 is 0 Å². The second-order valence-corrected chi connectivity index (χ2v) is 5.03. The van der Waals surface area contributed by atoms with Crippen molar-refractivity contribution in [1.29, 1.82) is 0 Å². The first-order valence-corrected chi connectivity index (χ1v) is 6.50. The zero-order chi connectivity index (χ0) is 13.3. The number of hydrogen-bond acceptors (Lipinski definition) is 3. The summed E-state index contributed by atoms with van der Waals surface area (Å²) in [5, 5.41) is 3.44. The van der Waals surface area contributed by atoms with Crippen molar-refractivity contribution in [3.8, 4) is 0 Å². The third-order valence-corrected chi connectivity index (χ3v) is 2.98. The van der Waals surface area contributed by atoms with Gasteiger partial charge in [0.25, 0.3) is 0 Å². The van der Waals surface area contributed by atoms with Gasteiger partial charge in [-0.25, -0.2) is 0 Å². The molecule has 0 heterocycles. The number of ether oxygens (including phenoxy) is 2. The van der Waals surface area contributed by atoms with E-state index in [0.717, 1.165) is 19.7 Å². The van der Waals surface area contributed by atoms with Crippen LogP contribution in [0.15, 0.2) is 30.3 Å². The molecule has 0 aliphatic rings. The molecule has 0 fully saturated rings. The van der Waals surface area contributed by atoms with Crippen molar-refractivity contribution < 1.29 is 9.47 Å². The molecule has 1 aromatic carbocycles. The Labute approximate surface area is 110 Å². The molecule has 102 valence electrons. The Morgan fingerprint density at radius 1 is 1.06 bits per heavy atom. The van der Waals surface area contributed by atoms with Crippen LogP contribution in [0.5, 0.6) is 0 Å². The van der Waals surface area contributed by atoms with Gasteiger partial charge in [0.1, 0.15) is 0 Å². The summed E-state index contributed by atoms with van der Waals surface area (Å²) in [5.41, 5.74) is 1.51. The molecule has 1 aromatic rings. The van der Waals surface area contributed by atoms with Gasteiger partial charge in [0.15, 0.2) is 0 Å². The average Bonchev–Trinajstić information content (AvgIpc) is 2.39. The average molecular weight is 251 g/mol. The van der Waals surface area contributed by atoms with E-state index in [1.165, 1.54) is 5.56 Å². The Kier molecular flexibility index (Phi) is 6.94. The maximum Gasteiger partial charge on any atom is 0.0700 e. The molecule has 0 spiro atoms. The van der Waals surface area contributed by atoms with Crippen molar-refractivity contribution in [2.75, 3.05) is 40.0 Å². The number of benzene rings is 1. The quantitative estimate of drug-likeness (QED) is 0.683. The summed E-state index contributed by atoms with van der Waals surface area (Å²) >= 11 is 0. The van der Waals surface area contributed by atoms with Crippen molar-refractivity contribution in [2.24, 2.45) is 0 Å². The van der Waals surface area contributed by atoms with E-state index in [1.54, 1.807) is 7.11 Å². The molecule has 0 aliphatic heterocycles. The Morgan fingerprint density at radius 3 is 2.44 bits per heavy atom. The molecule has 0 atom stereocenters. The molecule has 0 aliphatic carbocycles. The third-order valence-electron chi connectivity index (χ3n) is 2.98. The Balaban J connectivity index is 2.18. The van der Waals surface area contributed by atoms with Gasteiger partial charge in [-0.3, -0.25) is 0 Å². The fraction of sp³-hybridized carbons (Fsp3) is 0.600. The molecule has 0 bridgehead atoms. The first-order chi connectivity index (χ1) is 8.67. The lowest BCUT2D eigenvalue weighted by atomic mass is 9.85. The summed E-state index contributed by atoms with van der Waals surface area (Å²) in [6.45, 7) is 8.39. The van der Waals surface area contributed by atoms with Crippen molar-refractivity contribution in [2.45, 2.75) is 19.3 Å². The molecule has 0 saturated carbocycles. The van der Waals surface area contributed by atoms with Gasteiger partial charge in [-0.2, -0.15) is 0 Å². The van der Waals surface area contributed by atoms with E-state index in [9.17, 15) is 0 Å². The van der Waals surface area contributed by atoms with Crippen LogP contribution < -0.4 is 5.32 Å². The smallest absolute Gasteiger partial charge is 0.0700 e. The summed E-state index contributed by atoms with van der Waals surface area (Å²) in [7, 11) is 1.68. The number of rotatable bonds is 9. The Bertz CT molecular complexity index is 312. The van der Waals surface area contributed by atoms with E-state index in [4.69, 9.17) is 9.47 Å². The van der Waals surface area contributed by atoms with Crippen LogP contribution in [0.2, 0.25) is 0 Å². The predicted molar refractivity (Wildman–Crippen MR) is 75.0 cm³/mol. The van der Waals surface area contributed by atoms with Crippen LogP contribution in [0.3, 0.4) is 0 Å². The monoisotopic (exact) mass is 251 g/mol. The van der Waals surface area contributed by atoms with Crippen molar-refractivity contribution in [3.63, 3.8) is 0 Å². The molecule has 3 nitrogen and oxygen atoms in total. The van der Waals surface area contributed by atoms with Gasteiger partial charge < -0.3 is 14.8 Å². The lowest BCUT2D eigenvalue weighted by Gasteiger charge is -2.25. The minimum absolute atomic E-state index is 0.147. The summed E-state index contributed by atoms with van der Waals surface area (Å²) in [4.78, 5) is 0. The molecule has 0 saturated heterocycles. The van der Waals surface area contributed by atoms with E-state index in [2.05, 4.69) is 49.5 Å². The summed E-state index contributed by atoms with van der Waals surface area (Å²) in [5.74, 6) is 0. The molecule has 1 N–H and O–H groups in total. The Morgan fingerprint density at radius 2 is 1.78 bits per heavy atom. The number of hydrogen-bond donors (Lipinski definition) is 1. The normalized spacial score (nSPS) is 11.7. The standard InChI is InChI=1S/C15H25NO2/c1-15(2,14-7-5-4-6-8-14)13-16-9-10-18-12-11-17-3/h4-8,16H,9-13H2,1-3H3. The van der Waals surface area contributed by atoms with Crippen LogP contribution in [0, 0.1) is 0 Å². The molecule has 0 amide bonds. The van der Waals surface area contributed by atoms with Crippen molar-refractivity contribution in [3.05, 3.63) is 35.9 Å². The first kappa shape index (κ1) is 15.2. The van der Waals surface area contributed by atoms with Crippen molar-refractivity contribution >= 4 is 0 Å². The highest BCUT2D eigenvalue weighted by Gasteiger charge is 2.19. The Hall–Kier alpha value is -0.900. The van der Waals surface area contributed by atoms with Gasteiger partial charge in [-0.05, 0) is 5.56 Å².